The van der Waals surface area contributed by atoms with Crippen LogP contribution in [0.3, 0.4) is 0 Å². The van der Waals surface area contributed by atoms with Crippen molar-refractivity contribution >= 4 is 33.2 Å². The van der Waals surface area contributed by atoms with Crippen LogP contribution in [-0.4, -0.2) is 41.8 Å². The van der Waals surface area contributed by atoms with Gasteiger partial charge >= 0.3 is 5.97 Å². The lowest BCUT2D eigenvalue weighted by atomic mass is 10.0. The van der Waals surface area contributed by atoms with E-state index in [0.29, 0.717) is 29.4 Å². The molecule has 0 saturated heterocycles. The molecule has 0 amide bonds. The molecule has 0 radical (unpaired) electrons. The number of hydrogen-bond acceptors (Lipinski definition) is 7. The van der Waals surface area contributed by atoms with Gasteiger partial charge in [0, 0.05) is 28.4 Å². The summed E-state index contributed by atoms with van der Waals surface area (Å²) in [5.41, 5.74) is 3.11. The van der Waals surface area contributed by atoms with E-state index in [2.05, 4.69) is 38.9 Å². The molecule has 2 aromatic carbocycles. The van der Waals surface area contributed by atoms with Crippen LogP contribution in [0.4, 0.5) is 5.82 Å². The van der Waals surface area contributed by atoms with Gasteiger partial charge in [-0.3, -0.25) is 4.79 Å². The molecule has 8 heteroatoms. The summed E-state index contributed by atoms with van der Waals surface area (Å²) in [5, 5.41) is 15.8. The highest BCUT2D eigenvalue weighted by molar-refractivity contribution is 7.17. The number of carboxylic acid groups (broad SMARTS) is 1. The molecular formula is C24H23N3O4S. The van der Waals surface area contributed by atoms with Gasteiger partial charge in [-0.05, 0) is 47.0 Å². The Morgan fingerprint density at radius 3 is 2.75 bits per heavy atom. The number of nitrogens with one attached hydrogen (secondary N) is 1. The Labute approximate surface area is 189 Å². The summed E-state index contributed by atoms with van der Waals surface area (Å²) in [7, 11) is 3.22. The van der Waals surface area contributed by atoms with Crippen molar-refractivity contribution in [1.29, 1.82) is 0 Å². The zero-order valence-corrected chi connectivity index (χ0v) is 18.6. The Bertz CT molecular complexity index is 1260. The number of benzene rings is 2. The van der Waals surface area contributed by atoms with E-state index >= 15 is 0 Å². The minimum atomic E-state index is -0.915. The highest BCUT2D eigenvalue weighted by Crippen LogP contribution is 2.33. The van der Waals surface area contributed by atoms with Gasteiger partial charge in [-0.15, -0.1) is 11.3 Å². The Hall–Kier alpha value is -3.65. The fourth-order valence-corrected chi connectivity index (χ4v) is 4.48. The Balaban J connectivity index is 1.52. The minimum Gasteiger partial charge on any atom is -0.496 e. The number of ether oxygens (including phenoxy) is 2. The predicted octanol–water partition coefficient (Wildman–Crippen LogP) is 4.66. The van der Waals surface area contributed by atoms with Crippen LogP contribution in [0.5, 0.6) is 11.5 Å². The summed E-state index contributed by atoms with van der Waals surface area (Å²) in [4.78, 5) is 19.9. The summed E-state index contributed by atoms with van der Waals surface area (Å²) < 4.78 is 12.3. The smallest absolute Gasteiger partial charge is 0.307 e. The summed E-state index contributed by atoms with van der Waals surface area (Å²) in [6.45, 7) is 0.665. The molecule has 7 nitrogen and oxygen atoms in total. The molecule has 32 heavy (non-hydrogen) atoms. The van der Waals surface area contributed by atoms with E-state index in [1.165, 1.54) is 23.5 Å². The van der Waals surface area contributed by atoms with E-state index in [1.54, 1.807) is 30.6 Å². The first-order valence-electron chi connectivity index (χ1n) is 10.1. The van der Waals surface area contributed by atoms with Crippen LogP contribution in [0, 0.1) is 0 Å². The van der Waals surface area contributed by atoms with Gasteiger partial charge in [-0.25, -0.2) is 9.97 Å². The Morgan fingerprint density at radius 2 is 1.97 bits per heavy atom. The van der Waals surface area contributed by atoms with Gasteiger partial charge in [0.25, 0.3) is 0 Å². The van der Waals surface area contributed by atoms with Crippen molar-refractivity contribution in [3.05, 3.63) is 65.3 Å². The molecule has 0 unspecified atom stereocenters. The molecule has 4 rings (SSSR count). The lowest BCUT2D eigenvalue weighted by Crippen LogP contribution is -2.08. The average Bonchev–Trinajstić information content (AvgIpc) is 3.25. The standard InChI is InChI=1S/C24H23N3O4S/c1-30-20-13-21-16(7-9-32-21)10-15(20)6-8-25-22-12-19(26-14-27-22)18-5-3-4-17(11-23(28)29)24(18)31-2/h3-5,7,9-10,12-14H,6,8,11H2,1-2H3,(H,28,29)(H,25,26,27). The maximum absolute atomic E-state index is 11.2. The number of carboxylic acids is 1. The molecule has 0 bridgehead atoms. The summed E-state index contributed by atoms with van der Waals surface area (Å²) in [6, 6.07) is 13.6. The number of fused-ring (bicyclic) bond motifs is 1. The van der Waals surface area contributed by atoms with Crippen molar-refractivity contribution in [3.8, 4) is 22.8 Å². The van der Waals surface area contributed by atoms with E-state index < -0.39 is 5.97 Å². The lowest BCUT2D eigenvalue weighted by Gasteiger charge is -2.13. The number of anilines is 1. The highest BCUT2D eigenvalue weighted by Gasteiger charge is 2.15. The minimum absolute atomic E-state index is 0.122. The first-order valence-corrected chi connectivity index (χ1v) is 10.9. The third kappa shape index (κ3) is 4.65. The maximum Gasteiger partial charge on any atom is 0.307 e. The molecule has 0 fully saturated rings. The Morgan fingerprint density at radius 1 is 1.09 bits per heavy atom. The zero-order chi connectivity index (χ0) is 22.5. The number of aromatic nitrogens is 2. The third-order valence-electron chi connectivity index (χ3n) is 5.14. The fraction of sp³-hybridized carbons (Fsp3) is 0.208. The summed E-state index contributed by atoms with van der Waals surface area (Å²) in [5.74, 6) is 1.15. The number of carbonyl (C=O) groups is 1. The number of hydrogen-bond donors (Lipinski definition) is 2. The number of para-hydroxylation sites is 1. The first-order chi connectivity index (χ1) is 15.6. The molecule has 4 aromatic rings. The van der Waals surface area contributed by atoms with Gasteiger partial charge in [0.15, 0.2) is 0 Å². The number of rotatable bonds is 9. The van der Waals surface area contributed by atoms with Gasteiger partial charge in [-0.1, -0.05) is 12.1 Å². The van der Waals surface area contributed by atoms with Gasteiger partial charge in [-0.2, -0.15) is 0 Å². The van der Waals surface area contributed by atoms with Crippen LogP contribution < -0.4 is 14.8 Å². The van der Waals surface area contributed by atoms with Gasteiger partial charge in [0.2, 0.25) is 0 Å². The largest absolute Gasteiger partial charge is 0.496 e. The molecule has 2 heterocycles. The van der Waals surface area contributed by atoms with Crippen molar-refractivity contribution < 1.29 is 19.4 Å². The molecule has 0 saturated carbocycles. The maximum atomic E-state index is 11.2. The van der Waals surface area contributed by atoms with E-state index in [1.807, 2.05) is 12.1 Å². The van der Waals surface area contributed by atoms with Crippen LogP contribution in [-0.2, 0) is 17.6 Å². The summed E-state index contributed by atoms with van der Waals surface area (Å²) >= 11 is 1.70. The van der Waals surface area contributed by atoms with Crippen LogP contribution in [0.25, 0.3) is 21.3 Å². The second kappa shape index (κ2) is 9.65. The predicted molar refractivity (Wildman–Crippen MR) is 126 cm³/mol. The average molecular weight is 450 g/mol. The van der Waals surface area contributed by atoms with E-state index in [4.69, 9.17) is 14.6 Å². The molecule has 0 atom stereocenters. The van der Waals surface area contributed by atoms with Crippen LogP contribution >= 0.6 is 11.3 Å². The molecule has 0 aliphatic heterocycles. The number of nitrogens with zero attached hydrogens (tertiary/aromatic N) is 2. The van der Waals surface area contributed by atoms with Gasteiger partial charge < -0.3 is 19.9 Å². The Kier molecular flexibility index (Phi) is 6.51. The molecule has 0 aliphatic rings. The zero-order valence-electron chi connectivity index (χ0n) is 17.8. The van der Waals surface area contributed by atoms with Gasteiger partial charge in [0.05, 0.1) is 26.3 Å². The van der Waals surface area contributed by atoms with Crippen LogP contribution in [0.1, 0.15) is 11.1 Å². The van der Waals surface area contributed by atoms with E-state index in [0.717, 1.165) is 23.3 Å². The van der Waals surface area contributed by atoms with Crippen LogP contribution in [0.2, 0.25) is 0 Å². The molecule has 0 spiro atoms. The fourth-order valence-electron chi connectivity index (χ4n) is 3.68. The molecular weight excluding hydrogens is 426 g/mol. The highest BCUT2D eigenvalue weighted by atomic mass is 32.1. The topological polar surface area (TPSA) is 93.6 Å². The third-order valence-corrected chi connectivity index (χ3v) is 6.02. The molecule has 0 aliphatic carbocycles. The lowest BCUT2D eigenvalue weighted by molar-refractivity contribution is -0.136. The van der Waals surface area contributed by atoms with Crippen molar-refractivity contribution in [2.45, 2.75) is 12.8 Å². The van der Waals surface area contributed by atoms with Crippen molar-refractivity contribution in [2.24, 2.45) is 0 Å². The van der Waals surface area contributed by atoms with Crippen LogP contribution in [0.15, 0.2) is 54.2 Å². The second-order valence-electron chi connectivity index (χ2n) is 7.16. The van der Waals surface area contributed by atoms with E-state index in [-0.39, 0.29) is 6.42 Å². The van der Waals surface area contributed by atoms with Crippen molar-refractivity contribution in [3.63, 3.8) is 0 Å². The summed E-state index contributed by atoms with van der Waals surface area (Å²) in [6.07, 6.45) is 2.13. The molecule has 2 N–H and O–H groups in total. The number of methoxy groups -OCH3 is 2. The van der Waals surface area contributed by atoms with Crippen molar-refractivity contribution in [1.82, 2.24) is 9.97 Å². The second-order valence-corrected chi connectivity index (χ2v) is 8.10. The van der Waals surface area contributed by atoms with E-state index in [9.17, 15) is 4.79 Å². The quantitative estimate of drug-likeness (QED) is 0.384. The normalized spacial score (nSPS) is 10.8. The van der Waals surface area contributed by atoms with Crippen molar-refractivity contribution in [2.75, 3.05) is 26.1 Å². The van der Waals surface area contributed by atoms with Gasteiger partial charge in [0.1, 0.15) is 23.6 Å². The first kappa shape index (κ1) is 21.6. The molecule has 2 aromatic heterocycles. The SMILES string of the molecule is COc1cc2sccc2cc1CCNc1cc(-c2cccc(CC(=O)O)c2OC)ncn1. The number of aliphatic carboxylic acids is 1. The monoisotopic (exact) mass is 449 g/mol. The molecule has 164 valence electrons. The number of thiophene rings is 1.